The zero-order valence-electron chi connectivity index (χ0n) is 16.1. The van der Waals surface area contributed by atoms with E-state index >= 15 is 0 Å². The van der Waals surface area contributed by atoms with Gasteiger partial charge in [0.25, 0.3) is 11.5 Å². The van der Waals surface area contributed by atoms with Crippen LogP contribution in [-0.2, 0) is 0 Å². The van der Waals surface area contributed by atoms with Gasteiger partial charge in [0, 0.05) is 12.4 Å². The van der Waals surface area contributed by atoms with Crippen LogP contribution in [-0.4, -0.2) is 43.8 Å². The summed E-state index contributed by atoms with van der Waals surface area (Å²) in [6, 6.07) is 4.09. The van der Waals surface area contributed by atoms with Gasteiger partial charge < -0.3 is 14.7 Å². The minimum atomic E-state index is -0.323. The number of amides is 1. The number of imidazole rings is 1. The van der Waals surface area contributed by atoms with Gasteiger partial charge in [0.05, 0.1) is 34.0 Å². The lowest BCUT2D eigenvalue weighted by Gasteiger charge is -2.16. The average molecular weight is 408 g/mol. The van der Waals surface area contributed by atoms with Crippen molar-refractivity contribution in [3.63, 3.8) is 0 Å². The van der Waals surface area contributed by atoms with Crippen LogP contribution in [0.25, 0.3) is 15.9 Å². The number of nitrogens with one attached hydrogen (secondary N) is 2. The molecule has 2 N–H and O–H groups in total. The number of aryl methyl sites for hydroxylation is 1. The van der Waals surface area contributed by atoms with E-state index in [0.717, 1.165) is 24.3 Å². The molecule has 0 aromatic carbocycles. The van der Waals surface area contributed by atoms with E-state index in [1.165, 1.54) is 24.1 Å². The third-order valence-corrected chi connectivity index (χ3v) is 6.76. The van der Waals surface area contributed by atoms with Gasteiger partial charge in [-0.3, -0.25) is 14.5 Å². The molecule has 1 fully saturated rings. The van der Waals surface area contributed by atoms with Crippen molar-refractivity contribution < 1.29 is 4.79 Å². The van der Waals surface area contributed by atoms with Crippen LogP contribution in [0.1, 0.15) is 39.8 Å². The van der Waals surface area contributed by atoms with Gasteiger partial charge in [0.1, 0.15) is 10.5 Å². The number of aromatic amines is 1. The maximum Gasteiger partial charge on any atom is 0.281 e. The normalized spacial score (nSPS) is 17.4. The Morgan fingerprint density at radius 3 is 2.97 bits per heavy atom. The number of rotatable bonds is 3. The third kappa shape index (κ3) is 3.02. The number of carbonyl (C=O) groups excluding carboxylic acids is 1. The molecule has 1 unspecified atom stereocenters. The molecule has 9 heteroatoms. The first-order chi connectivity index (χ1) is 14.0. The summed E-state index contributed by atoms with van der Waals surface area (Å²) in [5, 5.41) is 3.41. The third-order valence-electron chi connectivity index (χ3n) is 5.53. The minimum Gasteiger partial charge on any atom is -0.337 e. The molecule has 5 rings (SSSR count). The quantitative estimate of drug-likeness (QED) is 0.543. The highest BCUT2D eigenvalue weighted by molar-refractivity contribution is 7.20. The van der Waals surface area contributed by atoms with Crippen molar-refractivity contribution in [2.24, 2.45) is 0 Å². The molecule has 1 amide bonds. The molecule has 1 aliphatic rings. The molecule has 1 atom stereocenters. The summed E-state index contributed by atoms with van der Waals surface area (Å²) in [7, 11) is 2.13. The molecule has 0 radical (unpaired) electrons. The summed E-state index contributed by atoms with van der Waals surface area (Å²) in [6.45, 7) is 2.86. The van der Waals surface area contributed by atoms with E-state index in [9.17, 15) is 9.59 Å². The maximum atomic E-state index is 12.8. The zero-order valence-corrected chi connectivity index (χ0v) is 16.9. The van der Waals surface area contributed by atoms with Crippen molar-refractivity contribution in [3.8, 4) is 0 Å². The van der Waals surface area contributed by atoms with Gasteiger partial charge in [-0.2, -0.15) is 4.98 Å². The molecule has 1 aliphatic heterocycles. The molecule has 1 saturated heterocycles. The second kappa shape index (κ2) is 6.78. The van der Waals surface area contributed by atoms with Gasteiger partial charge in [-0.05, 0) is 51.1 Å². The lowest BCUT2D eigenvalue weighted by Crippen LogP contribution is -2.17. The van der Waals surface area contributed by atoms with Gasteiger partial charge in [0.2, 0.25) is 0 Å². The van der Waals surface area contributed by atoms with E-state index in [0.29, 0.717) is 32.4 Å². The number of nitrogens with zero attached hydrogens (tertiary/aromatic N) is 4. The number of pyridine rings is 1. The summed E-state index contributed by atoms with van der Waals surface area (Å²) in [5.41, 5.74) is 2.91. The second-order valence-corrected chi connectivity index (χ2v) is 8.43. The molecular formula is C20H20N6O2S. The minimum absolute atomic E-state index is 0.244. The fraction of sp³-hybridized carbons (Fsp3) is 0.300. The van der Waals surface area contributed by atoms with E-state index < -0.39 is 0 Å². The SMILES string of the molecule is Cc1c(C(=O)Nc2ccc3nc(C4CCCN4C)cn3c2)sc2[nH]cnc(=O)c12. The Kier molecular flexibility index (Phi) is 4.21. The number of hydrogen-bond acceptors (Lipinski definition) is 6. The van der Waals surface area contributed by atoms with Crippen LogP contribution in [0, 0.1) is 6.92 Å². The summed E-state index contributed by atoms with van der Waals surface area (Å²) < 4.78 is 1.95. The maximum absolute atomic E-state index is 12.8. The molecule has 0 bridgehead atoms. The first-order valence-corrected chi connectivity index (χ1v) is 10.3. The lowest BCUT2D eigenvalue weighted by molar-refractivity contribution is 0.103. The largest absolute Gasteiger partial charge is 0.337 e. The van der Waals surface area contributed by atoms with Gasteiger partial charge in [-0.25, -0.2) is 4.98 Å². The van der Waals surface area contributed by atoms with Crippen LogP contribution in [0.4, 0.5) is 5.69 Å². The molecule has 8 nitrogen and oxygen atoms in total. The smallest absolute Gasteiger partial charge is 0.281 e. The number of hydrogen-bond donors (Lipinski definition) is 2. The number of anilines is 1. The predicted molar refractivity (Wildman–Crippen MR) is 113 cm³/mol. The molecule has 0 aliphatic carbocycles. The standard InChI is InChI=1S/C20H20N6O2S/c1-11-16-18(27)21-10-22-20(16)29-17(11)19(28)23-12-5-6-15-24-13(9-26(15)8-12)14-4-3-7-25(14)2/h5-6,8-10,14H,3-4,7H2,1-2H3,(H,23,28)(H,21,22,27). The number of aromatic nitrogens is 4. The van der Waals surface area contributed by atoms with Crippen LogP contribution in [0.2, 0.25) is 0 Å². The summed E-state index contributed by atoms with van der Waals surface area (Å²) in [4.78, 5) is 39.8. The summed E-state index contributed by atoms with van der Waals surface area (Å²) in [5.74, 6) is -0.244. The number of fused-ring (bicyclic) bond motifs is 2. The van der Waals surface area contributed by atoms with Gasteiger partial charge in [0.15, 0.2) is 0 Å². The van der Waals surface area contributed by atoms with Gasteiger partial charge in [-0.15, -0.1) is 11.3 Å². The predicted octanol–water partition coefficient (Wildman–Crippen LogP) is 2.96. The number of likely N-dealkylation sites (tertiary alicyclic amines) is 1. The molecule has 148 valence electrons. The van der Waals surface area contributed by atoms with Gasteiger partial charge >= 0.3 is 0 Å². The highest BCUT2D eigenvalue weighted by Gasteiger charge is 2.25. The number of carbonyl (C=O) groups is 1. The van der Waals surface area contributed by atoms with Crippen molar-refractivity contribution >= 4 is 38.8 Å². The Labute approximate surface area is 170 Å². The molecule has 29 heavy (non-hydrogen) atoms. The number of H-pyrrole nitrogens is 1. The van der Waals surface area contributed by atoms with Gasteiger partial charge in [-0.1, -0.05) is 0 Å². The Balaban J connectivity index is 1.44. The van der Waals surface area contributed by atoms with Crippen molar-refractivity contribution in [2.45, 2.75) is 25.8 Å². The Hall–Kier alpha value is -3.04. The van der Waals surface area contributed by atoms with E-state index in [1.54, 1.807) is 6.92 Å². The van der Waals surface area contributed by atoms with E-state index in [4.69, 9.17) is 4.98 Å². The fourth-order valence-corrected chi connectivity index (χ4v) is 5.08. The van der Waals surface area contributed by atoms with Crippen molar-refractivity contribution in [1.29, 1.82) is 0 Å². The monoisotopic (exact) mass is 408 g/mol. The van der Waals surface area contributed by atoms with Crippen LogP contribution >= 0.6 is 11.3 Å². The zero-order chi connectivity index (χ0) is 20.1. The lowest BCUT2D eigenvalue weighted by atomic mass is 10.2. The Morgan fingerprint density at radius 1 is 1.34 bits per heavy atom. The van der Waals surface area contributed by atoms with Crippen molar-refractivity contribution in [2.75, 3.05) is 18.9 Å². The summed E-state index contributed by atoms with van der Waals surface area (Å²) >= 11 is 1.26. The van der Waals surface area contributed by atoms with E-state index in [-0.39, 0.29) is 11.5 Å². The van der Waals surface area contributed by atoms with Crippen LogP contribution < -0.4 is 10.9 Å². The Bertz CT molecular complexity index is 1300. The van der Waals surface area contributed by atoms with Crippen LogP contribution in [0.5, 0.6) is 0 Å². The first-order valence-electron chi connectivity index (χ1n) is 9.48. The van der Waals surface area contributed by atoms with E-state index in [1.807, 2.05) is 28.9 Å². The van der Waals surface area contributed by atoms with Crippen molar-refractivity contribution in [3.05, 3.63) is 57.3 Å². The Morgan fingerprint density at radius 2 is 2.21 bits per heavy atom. The molecule has 5 heterocycles. The average Bonchev–Trinajstić information content (AvgIpc) is 3.38. The second-order valence-electron chi connectivity index (χ2n) is 7.41. The summed E-state index contributed by atoms with van der Waals surface area (Å²) in [6.07, 6.45) is 7.56. The molecular weight excluding hydrogens is 388 g/mol. The highest BCUT2D eigenvalue weighted by atomic mass is 32.1. The number of thiophene rings is 1. The molecule has 4 aromatic heterocycles. The van der Waals surface area contributed by atoms with Crippen LogP contribution in [0.3, 0.4) is 0 Å². The van der Waals surface area contributed by atoms with Crippen LogP contribution in [0.15, 0.2) is 35.6 Å². The first kappa shape index (κ1) is 18.0. The topological polar surface area (TPSA) is 95.4 Å². The highest BCUT2D eigenvalue weighted by Crippen LogP contribution is 2.30. The molecule has 0 spiro atoms. The van der Waals surface area contributed by atoms with E-state index in [2.05, 4.69) is 27.2 Å². The molecule has 0 saturated carbocycles. The molecule has 4 aromatic rings. The van der Waals surface area contributed by atoms with Crippen molar-refractivity contribution in [1.82, 2.24) is 24.3 Å². The fourth-order valence-electron chi connectivity index (χ4n) is 4.02.